The van der Waals surface area contributed by atoms with Crippen LogP contribution in [0.15, 0.2) is 12.1 Å². The molecule has 0 aromatic heterocycles. The summed E-state index contributed by atoms with van der Waals surface area (Å²) in [4.78, 5) is 0. The summed E-state index contributed by atoms with van der Waals surface area (Å²) in [5, 5.41) is 0. The second-order valence-electron chi connectivity index (χ2n) is 3.18. The molecular weight excluding hydrogens is 199 g/mol. The molecule has 74 valence electrons. The molecule has 0 aliphatic rings. The quantitative estimate of drug-likeness (QED) is 0.492. The van der Waals surface area contributed by atoms with E-state index in [4.69, 9.17) is 11.6 Å². The van der Waals surface area contributed by atoms with E-state index in [0.29, 0.717) is 17.9 Å². The highest BCUT2D eigenvalue weighted by molar-refractivity contribution is 6.18. The van der Waals surface area contributed by atoms with Gasteiger partial charge in [0.1, 0.15) is 5.82 Å². The molecule has 14 heavy (non-hydrogen) atoms. The van der Waals surface area contributed by atoms with Crippen LogP contribution in [0.5, 0.6) is 0 Å². The summed E-state index contributed by atoms with van der Waals surface area (Å²) >= 11 is 5.48. The lowest BCUT2D eigenvalue weighted by atomic mass is 10.1. The third-order valence-corrected chi connectivity index (χ3v) is 2.05. The summed E-state index contributed by atoms with van der Waals surface area (Å²) in [6, 6.07) is 3.42. The molecule has 0 saturated carbocycles. The topological polar surface area (TPSA) is 0 Å². The second kappa shape index (κ2) is 5.02. The van der Waals surface area contributed by atoms with E-state index in [0.717, 1.165) is 11.1 Å². The van der Waals surface area contributed by atoms with Crippen LogP contribution in [0.3, 0.4) is 0 Å². The average Bonchev–Trinajstić information content (AvgIpc) is 2.09. The van der Waals surface area contributed by atoms with E-state index in [1.54, 1.807) is 0 Å². The number of hydrogen-bond donors (Lipinski definition) is 0. The molecule has 0 saturated heterocycles. The van der Waals surface area contributed by atoms with Crippen LogP contribution in [-0.4, -0.2) is 5.88 Å². The van der Waals surface area contributed by atoms with Gasteiger partial charge in [-0.15, -0.1) is 11.6 Å². The Labute approximate surface area is 89.1 Å². The molecule has 0 aliphatic heterocycles. The van der Waals surface area contributed by atoms with Gasteiger partial charge < -0.3 is 0 Å². The van der Waals surface area contributed by atoms with Gasteiger partial charge in [-0.05, 0) is 31.0 Å². The van der Waals surface area contributed by atoms with Crippen LogP contribution in [0.4, 0.5) is 4.39 Å². The van der Waals surface area contributed by atoms with Gasteiger partial charge in [0.25, 0.3) is 0 Å². The zero-order valence-electron chi connectivity index (χ0n) is 8.32. The van der Waals surface area contributed by atoms with Gasteiger partial charge in [-0.3, -0.25) is 0 Å². The summed E-state index contributed by atoms with van der Waals surface area (Å²) in [5.74, 6) is 5.87. The van der Waals surface area contributed by atoms with Crippen molar-refractivity contribution in [1.82, 2.24) is 0 Å². The fourth-order valence-corrected chi connectivity index (χ4v) is 1.37. The third kappa shape index (κ3) is 2.75. The highest BCUT2D eigenvalue weighted by atomic mass is 35.5. The molecule has 1 aromatic rings. The standard InChI is InChI=1S/C12H12ClF/c1-9-7-10(2)11(12(14)8-9)5-3-4-6-13/h7-8H,4,6H2,1-2H3. The SMILES string of the molecule is Cc1cc(C)c(C#CCCCl)c(F)c1. The average molecular weight is 211 g/mol. The largest absolute Gasteiger partial charge is 0.206 e. The van der Waals surface area contributed by atoms with Crippen LogP contribution < -0.4 is 0 Å². The normalized spacial score (nSPS) is 9.43. The van der Waals surface area contributed by atoms with E-state index in [1.165, 1.54) is 6.07 Å². The zero-order chi connectivity index (χ0) is 10.6. The first-order chi connectivity index (χ1) is 6.65. The minimum atomic E-state index is -0.246. The van der Waals surface area contributed by atoms with Crippen molar-refractivity contribution in [2.24, 2.45) is 0 Å². The lowest BCUT2D eigenvalue weighted by Gasteiger charge is -2.01. The van der Waals surface area contributed by atoms with E-state index in [2.05, 4.69) is 11.8 Å². The molecule has 0 bridgehead atoms. The Hall–Kier alpha value is -1.000. The van der Waals surface area contributed by atoms with Crippen LogP contribution in [-0.2, 0) is 0 Å². The van der Waals surface area contributed by atoms with Gasteiger partial charge in [0.15, 0.2) is 0 Å². The molecule has 0 radical (unpaired) electrons. The van der Waals surface area contributed by atoms with E-state index < -0.39 is 0 Å². The Morgan fingerprint density at radius 2 is 2.07 bits per heavy atom. The number of alkyl halides is 1. The predicted molar refractivity (Wildman–Crippen MR) is 58.1 cm³/mol. The van der Waals surface area contributed by atoms with Crippen molar-refractivity contribution in [2.45, 2.75) is 20.3 Å². The van der Waals surface area contributed by atoms with Crippen molar-refractivity contribution in [3.8, 4) is 11.8 Å². The highest BCUT2D eigenvalue weighted by Gasteiger charge is 2.03. The molecule has 0 atom stereocenters. The first kappa shape index (κ1) is 11.1. The van der Waals surface area contributed by atoms with Crippen LogP contribution in [0.2, 0.25) is 0 Å². The predicted octanol–water partition coefficient (Wildman–Crippen LogP) is 3.42. The lowest BCUT2D eigenvalue weighted by Crippen LogP contribution is -1.90. The van der Waals surface area contributed by atoms with Crippen molar-refractivity contribution >= 4 is 11.6 Å². The summed E-state index contributed by atoms with van der Waals surface area (Å²) in [5.41, 5.74) is 2.29. The molecule has 0 amide bonds. The highest BCUT2D eigenvalue weighted by Crippen LogP contribution is 2.14. The van der Waals surface area contributed by atoms with Crippen molar-refractivity contribution in [2.75, 3.05) is 5.88 Å². The maximum atomic E-state index is 13.4. The summed E-state index contributed by atoms with van der Waals surface area (Å²) < 4.78 is 13.4. The molecule has 1 rings (SSSR count). The number of hydrogen-bond acceptors (Lipinski definition) is 0. The Morgan fingerprint density at radius 3 is 2.64 bits per heavy atom. The number of rotatable bonds is 1. The van der Waals surface area contributed by atoms with Crippen molar-refractivity contribution in [1.29, 1.82) is 0 Å². The van der Waals surface area contributed by atoms with Crippen molar-refractivity contribution in [3.63, 3.8) is 0 Å². The molecule has 1 aromatic carbocycles. The Bertz CT molecular complexity index is 362. The minimum absolute atomic E-state index is 0.246. The van der Waals surface area contributed by atoms with E-state index >= 15 is 0 Å². The molecule has 2 heteroatoms. The monoisotopic (exact) mass is 210 g/mol. The fraction of sp³-hybridized carbons (Fsp3) is 0.333. The summed E-state index contributed by atoms with van der Waals surface area (Å²) in [6.45, 7) is 3.73. The number of halogens is 2. The third-order valence-electron chi connectivity index (χ3n) is 1.86. The molecule has 0 aliphatic carbocycles. The van der Waals surface area contributed by atoms with Gasteiger partial charge in [0, 0.05) is 12.3 Å². The Balaban J connectivity index is 3.04. The number of aryl methyl sites for hydroxylation is 2. The van der Waals surface area contributed by atoms with E-state index in [-0.39, 0.29) is 5.82 Å². The van der Waals surface area contributed by atoms with Crippen molar-refractivity contribution in [3.05, 3.63) is 34.6 Å². The lowest BCUT2D eigenvalue weighted by molar-refractivity contribution is 0.621. The van der Waals surface area contributed by atoms with Crippen LogP contribution in [0.1, 0.15) is 23.1 Å². The molecule has 0 spiro atoms. The van der Waals surface area contributed by atoms with Gasteiger partial charge >= 0.3 is 0 Å². The summed E-state index contributed by atoms with van der Waals surface area (Å²) in [6.07, 6.45) is 0.592. The van der Waals surface area contributed by atoms with E-state index in [9.17, 15) is 4.39 Å². The van der Waals surface area contributed by atoms with E-state index in [1.807, 2.05) is 19.9 Å². The van der Waals surface area contributed by atoms with Gasteiger partial charge in [-0.2, -0.15) is 0 Å². The molecular formula is C12H12ClF. The van der Waals surface area contributed by atoms with Crippen LogP contribution in [0.25, 0.3) is 0 Å². The van der Waals surface area contributed by atoms with Crippen molar-refractivity contribution < 1.29 is 4.39 Å². The Kier molecular flexibility index (Phi) is 3.98. The molecule has 0 fully saturated rings. The van der Waals surface area contributed by atoms with Gasteiger partial charge in [-0.25, -0.2) is 4.39 Å². The van der Waals surface area contributed by atoms with Crippen LogP contribution >= 0.6 is 11.6 Å². The molecule has 0 unspecified atom stereocenters. The minimum Gasteiger partial charge on any atom is -0.206 e. The van der Waals surface area contributed by atoms with Crippen LogP contribution in [0, 0.1) is 31.5 Å². The van der Waals surface area contributed by atoms with Gasteiger partial charge in [0.05, 0.1) is 5.56 Å². The molecule has 0 nitrogen and oxygen atoms in total. The first-order valence-corrected chi connectivity index (χ1v) is 5.00. The smallest absolute Gasteiger partial charge is 0.139 e. The zero-order valence-corrected chi connectivity index (χ0v) is 9.08. The van der Waals surface area contributed by atoms with Gasteiger partial charge in [-0.1, -0.05) is 17.9 Å². The fourth-order valence-electron chi connectivity index (χ4n) is 1.27. The number of benzene rings is 1. The first-order valence-electron chi connectivity index (χ1n) is 4.46. The maximum absolute atomic E-state index is 13.4. The second-order valence-corrected chi connectivity index (χ2v) is 3.56. The van der Waals surface area contributed by atoms with Gasteiger partial charge in [0.2, 0.25) is 0 Å². The Morgan fingerprint density at radius 1 is 1.36 bits per heavy atom. The maximum Gasteiger partial charge on any atom is 0.139 e. The molecule has 0 N–H and O–H groups in total. The molecule has 0 heterocycles. The summed E-state index contributed by atoms with van der Waals surface area (Å²) in [7, 11) is 0.